The predicted octanol–water partition coefficient (Wildman–Crippen LogP) is 3.80. The molecule has 3 amide bonds. The van der Waals surface area contributed by atoms with E-state index in [0.717, 1.165) is 40.8 Å². The van der Waals surface area contributed by atoms with Crippen LogP contribution in [0.5, 0.6) is 0 Å². The number of amides is 3. The summed E-state index contributed by atoms with van der Waals surface area (Å²) in [5.41, 5.74) is 3.41. The Hall–Kier alpha value is -2.98. The molecule has 1 atom stereocenters. The molecule has 2 N–H and O–H groups in total. The largest absolute Gasteiger partial charge is 0.361 e. The summed E-state index contributed by atoms with van der Waals surface area (Å²) in [6, 6.07) is 13.4. The molecule has 0 aromatic heterocycles. The molecule has 176 valence electrons. The molecule has 2 aromatic rings. The average Bonchev–Trinajstić information content (AvgIpc) is 3.29. The maximum atomic E-state index is 12.7. The number of carbonyl (C=O) groups excluding carboxylic acids is 3. The Morgan fingerprint density at radius 1 is 1.15 bits per heavy atom. The van der Waals surface area contributed by atoms with Gasteiger partial charge in [-0.2, -0.15) is 0 Å². The van der Waals surface area contributed by atoms with Gasteiger partial charge in [0.25, 0.3) is 11.8 Å². The van der Waals surface area contributed by atoms with Crippen LogP contribution < -0.4 is 10.6 Å². The third-order valence-corrected chi connectivity index (χ3v) is 6.60. The number of nitrogens with one attached hydrogen (secondary N) is 2. The molecule has 2 heterocycles. The molecule has 0 bridgehead atoms. The quantitative estimate of drug-likeness (QED) is 0.314. The van der Waals surface area contributed by atoms with E-state index in [-0.39, 0.29) is 17.9 Å². The predicted molar refractivity (Wildman–Crippen MR) is 141 cm³/mol. The van der Waals surface area contributed by atoms with E-state index in [9.17, 15) is 14.4 Å². The lowest BCUT2D eigenvalue weighted by Gasteiger charge is -2.24. The fraction of sp³-hybridized carbons (Fsp3) is 0.269. The second-order valence-corrected chi connectivity index (χ2v) is 9.90. The molecule has 0 aliphatic carbocycles. The van der Waals surface area contributed by atoms with Crippen molar-refractivity contribution in [2.75, 3.05) is 32.5 Å². The number of anilines is 1. The molecule has 1 fully saturated rings. The summed E-state index contributed by atoms with van der Waals surface area (Å²) in [5.74, 6) is -0.765. The summed E-state index contributed by atoms with van der Waals surface area (Å²) in [4.78, 5) is 41.2. The van der Waals surface area contributed by atoms with Gasteiger partial charge in [0, 0.05) is 45.7 Å². The zero-order chi connectivity index (χ0) is 24.2. The number of hydrogen-bond donors (Lipinski definition) is 2. The molecule has 7 nitrogen and oxygen atoms in total. The number of hydrogen-bond acceptors (Lipinski definition) is 5. The van der Waals surface area contributed by atoms with Gasteiger partial charge in [0.15, 0.2) is 0 Å². The Morgan fingerprint density at radius 2 is 1.91 bits per heavy atom. The summed E-state index contributed by atoms with van der Waals surface area (Å²) in [7, 11) is 3.94. The van der Waals surface area contributed by atoms with Crippen LogP contribution in [-0.4, -0.2) is 54.7 Å². The Kier molecular flexibility index (Phi) is 7.47. The molecule has 0 spiro atoms. The van der Waals surface area contributed by atoms with E-state index in [1.54, 1.807) is 18.3 Å². The van der Waals surface area contributed by atoms with Crippen molar-refractivity contribution in [3.63, 3.8) is 0 Å². The SMILES string of the molecule is CN(C)CC=CC(=O)N1CCCC1c1ccc(NC=C2C(=O)NC(=O)c3ccc(I)cc32)cc1. The summed E-state index contributed by atoms with van der Waals surface area (Å²) >= 11 is 2.16. The Bertz CT molecular complexity index is 1170. The number of benzene rings is 2. The van der Waals surface area contributed by atoms with E-state index in [0.29, 0.717) is 16.7 Å². The van der Waals surface area contributed by atoms with Crippen molar-refractivity contribution >= 4 is 51.6 Å². The number of rotatable bonds is 6. The van der Waals surface area contributed by atoms with Crippen LogP contribution in [0.15, 0.2) is 60.8 Å². The molecule has 2 aliphatic heterocycles. The summed E-state index contributed by atoms with van der Waals surface area (Å²) in [5, 5.41) is 5.57. The number of nitrogens with zero attached hydrogens (tertiary/aromatic N) is 2. The van der Waals surface area contributed by atoms with E-state index < -0.39 is 5.91 Å². The lowest BCUT2D eigenvalue weighted by atomic mass is 9.95. The first kappa shape index (κ1) is 24.2. The third-order valence-electron chi connectivity index (χ3n) is 5.93. The molecule has 0 saturated carbocycles. The van der Waals surface area contributed by atoms with Crippen molar-refractivity contribution in [3.05, 3.63) is 81.1 Å². The zero-order valence-corrected chi connectivity index (χ0v) is 21.3. The molecular weight excluding hydrogens is 543 g/mol. The van der Waals surface area contributed by atoms with Gasteiger partial charge >= 0.3 is 0 Å². The standard InChI is InChI=1S/C26H27IN4O3/c1-30(2)13-4-6-24(32)31-14-3-5-23(31)17-7-10-19(11-8-17)28-16-22-21-15-18(27)9-12-20(21)25(33)29-26(22)34/h4,6-12,15-16,23,28H,3,5,13-14H2,1-2H3,(H,29,33,34). The summed E-state index contributed by atoms with van der Waals surface area (Å²) in [6.07, 6.45) is 7.11. The molecule has 1 saturated heterocycles. The number of likely N-dealkylation sites (N-methyl/N-ethyl adjacent to an activating group) is 1. The van der Waals surface area contributed by atoms with Gasteiger partial charge in [-0.15, -0.1) is 0 Å². The Labute approximate surface area is 213 Å². The number of fused-ring (bicyclic) bond motifs is 1. The molecule has 1 unspecified atom stereocenters. The highest BCUT2D eigenvalue weighted by Gasteiger charge is 2.29. The fourth-order valence-corrected chi connectivity index (χ4v) is 4.73. The van der Waals surface area contributed by atoms with Gasteiger partial charge in [-0.1, -0.05) is 18.2 Å². The first-order valence-corrected chi connectivity index (χ1v) is 12.3. The first-order chi connectivity index (χ1) is 16.3. The Balaban J connectivity index is 1.48. The maximum absolute atomic E-state index is 12.7. The van der Waals surface area contributed by atoms with E-state index in [2.05, 4.69) is 33.2 Å². The molecule has 2 aliphatic rings. The highest BCUT2D eigenvalue weighted by molar-refractivity contribution is 14.1. The van der Waals surface area contributed by atoms with Crippen LogP contribution in [0.1, 0.15) is 40.4 Å². The first-order valence-electron chi connectivity index (χ1n) is 11.2. The second kappa shape index (κ2) is 10.5. The topological polar surface area (TPSA) is 81.8 Å². The van der Waals surface area contributed by atoms with Crippen LogP contribution in [0.2, 0.25) is 0 Å². The number of halogens is 1. The van der Waals surface area contributed by atoms with Crippen molar-refractivity contribution < 1.29 is 14.4 Å². The molecular formula is C26H27IN4O3. The summed E-state index contributed by atoms with van der Waals surface area (Å²) < 4.78 is 0.946. The second-order valence-electron chi connectivity index (χ2n) is 8.65. The van der Waals surface area contributed by atoms with Gasteiger partial charge in [-0.25, -0.2) is 0 Å². The van der Waals surface area contributed by atoms with Crippen molar-refractivity contribution in [2.24, 2.45) is 0 Å². The minimum Gasteiger partial charge on any atom is -0.361 e. The molecule has 34 heavy (non-hydrogen) atoms. The van der Waals surface area contributed by atoms with Crippen molar-refractivity contribution in [3.8, 4) is 0 Å². The van der Waals surface area contributed by atoms with Crippen LogP contribution in [0, 0.1) is 3.57 Å². The van der Waals surface area contributed by atoms with Gasteiger partial charge < -0.3 is 15.1 Å². The normalized spacial score (nSPS) is 19.1. The summed E-state index contributed by atoms with van der Waals surface area (Å²) in [6.45, 7) is 1.49. The van der Waals surface area contributed by atoms with Gasteiger partial charge in [0.05, 0.1) is 11.6 Å². The lowest BCUT2D eigenvalue weighted by Crippen LogP contribution is -2.36. The van der Waals surface area contributed by atoms with Crippen LogP contribution in [0.3, 0.4) is 0 Å². The van der Waals surface area contributed by atoms with Crippen LogP contribution in [0.4, 0.5) is 5.69 Å². The van der Waals surface area contributed by atoms with Gasteiger partial charge in [-0.05, 0) is 85.4 Å². The highest BCUT2D eigenvalue weighted by atomic mass is 127. The minimum absolute atomic E-state index is 0.0439. The third kappa shape index (κ3) is 5.39. The molecule has 4 rings (SSSR count). The van der Waals surface area contributed by atoms with E-state index >= 15 is 0 Å². The zero-order valence-electron chi connectivity index (χ0n) is 19.2. The monoisotopic (exact) mass is 570 g/mol. The van der Waals surface area contributed by atoms with Crippen LogP contribution in [0.25, 0.3) is 5.57 Å². The number of imide groups is 1. The van der Waals surface area contributed by atoms with Gasteiger partial charge in [-0.3, -0.25) is 19.7 Å². The smallest absolute Gasteiger partial charge is 0.260 e. The molecule has 0 radical (unpaired) electrons. The van der Waals surface area contributed by atoms with Crippen molar-refractivity contribution in [1.82, 2.24) is 15.1 Å². The lowest BCUT2D eigenvalue weighted by molar-refractivity contribution is -0.127. The van der Waals surface area contributed by atoms with E-state index in [1.165, 1.54) is 0 Å². The minimum atomic E-state index is -0.425. The van der Waals surface area contributed by atoms with E-state index in [4.69, 9.17) is 0 Å². The Morgan fingerprint density at radius 3 is 2.65 bits per heavy atom. The van der Waals surface area contributed by atoms with Gasteiger partial charge in [0.2, 0.25) is 5.91 Å². The van der Waals surface area contributed by atoms with E-state index in [1.807, 2.05) is 66.4 Å². The van der Waals surface area contributed by atoms with Gasteiger partial charge in [0.1, 0.15) is 0 Å². The number of likely N-dealkylation sites (tertiary alicyclic amines) is 1. The van der Waals surface area contributed by atoms with Crippen molar-refractivity contribution in [1.29, 1.82) is 0 Å². The van der Waals surface area contributed by atoms with Crippen LogP contribution in [-0.2, 0) is 9.59 Å². The fourth-order valence-electron chi connectivity index (χ4n) is 4.23. The molecule has 8 heteroatoms. The number of carbonyl (C=O) groups is 3. The van der Waals surface area contributed by atoms with Crippen LogP contribution >= 0.6 is 22.6 Å². The molecule has 2 aromatic carbocycles. The van der Waals surface area contributed by atoms with Crippen molar-refractivity contribution in [2.45, 2.75) is 18.9 Å². The average molecular weight is 570 g/mol. The highest BCUT2D eigenvalue weighted by Crippen LogP contribution is 2.33. The maximum Gasteiger partial charge on any atom is 0.260 e.